The number of aryl methyl sites for hydroxylation is 1. The van der Waals surface area contributed by atoms with E-state index in [4.69, 9.17) is 4.42 Å². The number of non-ortho nitro benzene ring substituents is 1. The van der Waals surface area contributed by atoms with E-state index in [1.165, 1.54) is 18.2 Å². The number of urea groups is 1. The number of carbonyl (C=O) groups is 3. The topological polar surface area (TPSA) is 132 Å². The molecule has 1 aliphatic heterocycles. The van der Waals surface area contributed by atoms with Crippen LogP contribution >= 0.6 is 0 Å². The molecule has 28 heavy (non-hydrogen) atoms. The Kier molecular flexibility index (Phi) is 4.94. The van der Waals surface area contributed by atoms with Crippen molar-refractivity contribution in [1.82, 2.24) is 10.2 Å². The predicted molar refractivity (Wildman–Crippen MR) is 95.8 cm³/mol. The Hall–Kier alpha value is -3.95. The van der Waals surface area contributed by atoms with E-state index >= 15 is 0 Å². The number of nitrogens with zero attached hydrogens (tertiary/aromatic N) is 2. The highest BCUT2D eigenvalue weighted by molar-refractivity contribution is 6.15. The lowest BCUT2D eigenvalue weighted by Crippen LogP contribution is -2.36. The van der Waals surface area contributed by atoms with Gasteiger partial charge in [-0.2, -0.15) is 0 Å². The molecule has 1 N–H and O–H groups in total. The van der Waals surface area contributed by atoms with Crippen molar-refractivity contribution >= 4 is 29.7 Å². The number of furan rings is 1. The highest BCUT2D eigenvalue weighted by atomic mass is 16.6. The second kappa shape index (κ2) is 7.35. The molecule has 144 valence electrons. The Morgan fingerprint density at radius 3 is 2.71 bits per heavy atom. The largest absolute Gasteiger partial charge is 0.468 e. The Labute approximate surface area is 158 Å². The molecule has 3 amide bonds. The van der Waals surface area contributed by atoms with Gasteiger partial charge >= 0.3 is 12.0 Å². The molecule has 1 fully saturated rings. The van der Waals surface area contributed by atoms with Gasteiger partial charge in [-0.15, -0.1) is 0 Å². The summed E-state index contributed by atoms with van der Waals surface area (Å²) < 4.78 is 10.1. The summed E-state index contributed by atoms with van der Waals surface area (Å²) in [7, 11) is 1.15. The lowest BCUT2D eigenvalue weighted by atomic mass is 10.1. The normalized spacial score (nSPS) is 15.1. The molecular formula is C18H15N3O7. The summed E-state index contributed by atoms with van der Waals surface area (Å²) >= 11 is 0. The van der Waals surface area contributed by atoms with Gasteiger partial charge in [0.05, 0.1) is 12.0 Å². The zero-order valence-corrected chi connectivity index (χ0v) is 14.9. The van der Waals surface area contributed by atoms with Crippen LogP contribution in [0.4, 0.5) is 10.5 Å². The first kappa shape index (κ1) is 18.8. The van der Waals surface area contributed by atoms with E-state index in [0.717, 1.165) is 12.0 Å². The van der Waals surface area contributed by atoms with Gasteiger partial charge in [0.2, 0.25) is 0 Å². The molecule has 1 aliphatic rings. The van der Waals surface area contributed by atoms with E-state index in [2.05, 4.69) is 10.1 Å². The van der Waals surface area contributed by atoms with E-state index in [-0.39, 0.29) is 17.1 Å². The van der Waals surface area contributed by atoms with Crippen LogP contribution in [-0.2, 0) is 14.3 Å². The second-order valence-electron chi connectivity index (χ2n) is 5.91. The average Bonchev–Trinajstić information content (AvgIpc) is 3.21. The molecule has 10 heteroatoms. The predicted octanol–water partition coefficient (Wildman–Crippen LogP) is 2.23. The van der Waals surface area contributed by atoms with Crippen molar-refractivity contribution in [2.75, 3.05) is 13.7 Å². The number of benzene rings is 1. The first-order chi connectivity index (χ1) is 13.3. The van der Waals surface area contributed by atoms with Crippen molar-refractivity contribution in [2.45, 2.75) is 6.92 Å². The summed E-state index contributed by atoms with van der Waals surface area (Å²) in [6.07, 6.45) is 1.34. The number of nitro groups is 1. The first-order valence-corrected chi connectivity index (χ1v) is 8.06. The van der Waals surface area contributed by atoms with Gasteiger partial charge < -0.3 is 14.5 Å². The monoisotopic (exact) mass is 385 g/mol. The highest BCUT2D eigenvalue weighted by Gasteiger charge is 2.35. The molecule has 3 rings (SSSR count). The van der Waals surface area contributed by atoms with E-state index in [1.807, 2.05) is 0 Å². The maximum absolute atomic E-state index is 12.3. The number of rotatable bonds is 5. The number of hydrogen-bond acceptors (Lipinski definition) is 7. The number of imide groups is 1. The van der Waals surface area contributed by atoms with Crippen LogP contribution < -0.4 is 5.32 Å². The SMILES string of the molecule is COC(=O)CN1C(=O)N/C(=C\c2ccc(-c3ccc([N+](=O)[O-])cc3C)o2)C1=O. The fourth-order valence-electron chi connectivity index (χ4n) is 2.66. The van der Waals surface area contributed by atoms with Crippen molar-refractivity contribution in [3.05, 3.63) is 57.5 Å². The maximum atomic E-state index is 12.3. The zero-order chi connectivity index (χ0) is 20.4. The summed E-state index contributed by atoms with van der Waals surface area (Å²) in [6, 6.07) is 6.87. The standard InChI is InChI=1S/C18H15N3O7/c1-10-7-11(21(25)26)3-5-13(10)15-6-4-12(28-15)8-14-17(23)20(18(24)19-14)9-16(22)27-2/h3-8H,9H2,1-2H3,(H,19,24)/b14-8-. The van der Waals surface area contributed by atoms with Crippen molar-refractivity contribution in [1.29, 1.82) is 0 Å². The van der Waals surface area contributed by atoms with E-state index in [1.54, 1.807) is 25.1 Å². The molecule has 2 aromatic rings. The van der Waals surface area contributed by atoms with Gasteiger partial charge in [-0.05, 0) is 30.7 Å². The molecule has 0 unspecified atom stereocenters. The quantitative estimate of drug-likeness (QED) is 0.274. The fourth-order valence-corrected chi connectivity index (χ4v) is 2.66. The molecule has 1 aromatic carbocycles. The van der Waals surface area contributed by atoms with Gasteiger partial charge in [-0.1, -0.05) is 0 Å². The number of hydrogen-bond donors (Lipinski definition) is 1. The van der Waals surface area contributed by atoms with Crippen molar-refractivity contribution in [2.24, 2.45) is 0 Å². The van der Waals surface area contributed by atoms with Gasteiger partial charge in [0, 0.05) is 23.8 Å². The Bertz CT molecular complexity index is 1020. The van der Waals surface area contributed by atoms with Gasteiger partial charge in [0.1, 0.15) is 23.8 Å². The van der Waals surface area contributed by atoms with Gasteiger partial charge in [0.15, 0.2) is 0 Å². The van der Waals surface area contributed by atoms with Crippen LogP contribution in [0, 0.1) is 17.0 Å². The molecule has 1 aromatic heterocycles. The maximum Gasteiger partial charge on any atom is 0.329 e. The van der Waals surface area contributed by atoms with Crippen LogP contribution in [0.1, 0.15) is 11.3 Å². The summed E-state index contributed by atoms with van der Waals surface area (Å²) in [4.78, 5) is 46.5. The summed E-state index contributed by atoms with van der Waals surface area (Å²) in [5, 5.41) is 13.2. The summed E-state index contributed by atoms with van der Waals surface area (Å²) in [6.45, 7) is 1.22. The van der Waals surface area contributed by atoms with E-state index in [0.29, 0.717) is 16.9 Å². The number of esters is 1. The fraction of sp³-hybridized carbons (Fsp3) is 0.167. The van der Waals surface area contributed by atoms with E-state index in [9.17, 15) is 24.5 Å². The van der Waals surface area contributed by atoms with Crippen molar-refractivity contribution < 1.29 is 28.5 Å². The lowest BCUT2D eigenvalue weighted by molar-refractivity contribution is -0.384. The number of methoxy groups -OCH3 is 1. The molecule has 10 nitrogen and oxygen atoms in total. The smallest absolute Gasteiger partial charge is 0.329 e. The minimum absolute atomic E-state index is 0.0277. The molecule has 1 saturated heterocycles. The molecule has 0 saturated carbocycles. The summed E-state index contributed by atoms with van der Waals surface area (Å²) in [5.74, 6) is -0.669. The van der Waals surface area contributed by atoms with Gasteiger partial charge in [0.25, 0.3) is 11.6 Å². The molecule has 0 spiro atoms. The van der Waals surface area contributed by atoms with Crippen LogP contribution in [0.15, 0.2) is 40.4 Å². The molecule has 0 radical (unpaired) electrons. The Balaban J connectivity index is 1.83. The molecule has 0 aliphatic carbocycles. The van der Waals surface area contributed by atoms with Crippen molar-refractivity contribution in [3.8, 4) is 11.3 Å². The van der Waals surface area contributed by atoms with Gasteiger partial charge in [-0.3, -0.25) is 19.7 Å². The Morgan fingerprint density at radius 1 is 1.32 bits per heavy atom. The number of nitro benzene ring substituents is 1. The number of carbonyl (C=O) groups excluding carboxylic acids is 3. The number of nitrogens with one attached hydrogen (secondary N) is 1. The third-order valence-corrected chi connectivity index (χ3v) is 4.08. The zero-order valence-electron chi connectivity index (χ0n) is 14.9. The third-order valence-electron chi connectivity index (χ3n) is 4.08. The van der Waals surface area contributed by atoms with Crippen LogP contribution in [0.2, 0.25) is 0 Å². The number of amides is 3. The summed E-state index contributed by atoms with van der Waals surface area (Å²) in [5.41, 5.74) is 1.23. The molecule has 2 heterocycles. The first-order valence-electron chi connectivity index (χ1n) is 8.06. The molecular weight excluding hydrogens is 370 g/mol. The Morgan fingerprint density at radius 2 is 2.07 bits per heavy atom. The second-order valence-corrected chi connectivity index (χ2v) is 5.91. The van der Waals surface area contributed by atoms with Crippen LogP contribution in [0.5, 0.6) is 0 Å². The number of ether oxygens (including phenoxy) is 1. The van der Waals surface area contributed by atoms with E-state index < -0.39 is 29.4 Å². The van der Waals surface area contributed by atoms with Gasteiger partial charge in [-0.25, -0.2) is 9.69 Å². The molecule has 0 bridgehead atoms. The third kappa shape index (κ3) is 3.61. The minimum atomic E-state index is -0.736. The minimum Gasteiger partial charge on any atom is -0.468 e. The lowest BCUT2D eigenvalue weighted by Gasteiger charge is -2.08. The molecule has 0 atom stereocenters. The van der Waals surface area contributed by atoms with Crippen LogP contribution in [0.3, 0.4) is 0 Å². The van der Waals surface area contributed by atoms with Crippen LogP contribution in [-0.4, -0.2) is 41.4 Å². The van der Waals surface area contributed by atoms with Crippen molar-refractivity contribution in [3.63, 3.8) is 0 Å². The highest BCUT2D eigenvalue weighted by Crippen LogP contribution is 2.29. The average molecular weight is 385 g/mol. The van der Waals surface area contributed by atoms with Crippen LogP contribution in [0.25, 0.3) is 17.4 Å².